The fraction of sp³-hybridized carbons (Fsp3) is 0.0909. The SMILES string of the molecule is COc1ccc(N(c2ccc(OC)cc2)c2ccc3ccc4ccc(N(c5ccc(OC)cc5)c5ccc(OC)cc5)c5ccc2c3c45)cc1. The van der Waals surface area contributed by atoms with Crippen LogP contribution in [-0.4, -0.2) is 28.4 Å². The van der Waals surface area contributed by atoms with Crippen LogP contribution < -0.4 is 28.7 Å². The van der Waals surface area contributed by atoms with Gasteiger partial charge >= 0.3 is 0 Å². The average Bonchev–Trinajstić information content (AvgIpc) is 3.19. The zero-order valence-electron chi connectivity index (χ0n) is 28.4. The van der Waals surface area contributed by atoms with Crippen LogP contribution in [0.3, 0.4) is 0 Å². The average molecular weight is 657 g/mol. The summed E-state index contributed by atoms with van der Waals surface area (Å²) in [4.78, 5) is 4.60. The summed E-state index contributed by atoms with van der Waals surface area (Å²) in [6.45, 7) is 0. The fourth-order valence-corrected chi connectivity index (χ4v) is 6.94. The summed E-state index contributed by atoms with van der Waals surface area (Å²) in [6, 6.07) is 50.7. The van der Waals surface area contributed by atoms with E-state index in [1.165, 1.54) is 21.5 Å². The van der Waals surface area contributed by atoms with Gasteiger partial charge in [0.2, 0.25) is 0 Å². The van der Waals surface area contributed by atoms with Gasteiger partial charge in [-0.1, -0.05) is 36.4 Å². The Bertz CT molecular complexity index is 2140. The van der Waals surface area contributed by atoms with Gasteiger partial charge in [0.25, 0.3) is 0 Å². The molecule has 0 amide bonds. The van der Waals surface area contributed by atoms with E-state index >= 15 is 0 Å². The van der Waals surface area contributed by atoms with Crippen molar-refractivity contribution in [2.45, 2.75) is 0 Å². The van der Waals surface area contributed by atoms with Gasteiger partial charge in [0, 0.05) is 33.5 Å². The van der Waals surface area contributed by atoms with Crippen LogP contribution in [0, 0.1) is 0 Å². The van der Waals surface area contributed by atoms with Crippen LogP contribution in [0.5, 0.6) is 23.0 Å². The Morgan fingerprint density at radius 3 is 0.820 bits per heavy atom. The Morgan fingerprint density at radius 2 is 0.560 bits per heavy atom. The largest absolute Gasteiger partial charge is 0.497 e. The quantitative estimate of drug-likeness (QED) is 0.137. The molecule has 246 valence electrons. The second kappa shape index (κ2) is 12.9. The summed E-state index contributed by atoms with van der Waals surface area (Å²) in [5, 5.41) is 7.12. The highest BCUT2D eigenvalue weighted by atomic mass is 16.5. The summed E-state index contributed by atoms with van der Waals surface area (Å²) >= 11 is 0. The highest BCUT2D eigenvalue weighted by molar-refractivity contribution is 6.28. The van der Waals surface area contributed by atoms with Crippen LogP contribution >= 0.6 is 0 Å². The second-order valence-electron chi connectivity index (χ2n) is 12.1. The van der Waals surface area contributed by atoms with Gasteiger partial charge in [-0.25, -0.2) is 0 Å². The number of hydrogen-bond acceptors (Lipinski definition) is 6. The molecule has 0 N–H and O–H groups in total. The fourth-order valence-electron chi connectivity index (χ4n) is 6.94. The molecule has 0 saturated heterocycles. The van der Waals surface area contributed by atoms with Gasteiger partial charge in [0.05, 0.1) is 39.8 Å². The first kappa shape index (κ1) is 30.9. The molecule has 0 heterocycles. The van der Waals surface area contributed by atoms with E-state index < -0.39 is 0 Å². The first-order valence-electron chi connectivity index (χ1n) is 16.5. The highest BCUT2D eigenvalue weighted by Gasteiger charge is 2.22. The number of anilines is 6. The summed E-state index contributed by atoms with van der Waals surface area (Å²) in [7, 11) is 6.76. The van der Waals surface area contributed by atoms with E-state index in [2.05, 4.69) is 107 Å². The van der Waals surface area contributed by atoms with Crippen molar-refractivity contribution in [1.29, 1.82) is 0 Å². The van der Waals surface area contributed by atoms with E-state index in [1.807, 2.05) is 48.5 Å². The molecule has 0 aliphatic rings. The molecule has 0 unspecified atom stereocenters. The van der Waals surface area contributed by atoms with Crippen molar-refractivity contribution in [3.63, 3.8) is 0 Å². The van der Waals surface area contributed by atoms with Crippen molar-refractivity contribution in [2.75, 3.05) is 38.2 Å². The molecule has 50 heavy (non-hydrogen) atoms. The smallest absolute Gasteiger partial charge is 0.119 e. The van der Waals surface area contributed by atoms with Crippen LogP contribution in [0.25, 0.3) is 32.3 Å². The third-order valence-corrected chi connectivity index (χ3v) is 9.42. The van der Waals surface area contributed by atoms with E-state index in [4.69, 9.17) is 18.9 Å². The van der Waals surface area contributed by atoms with E-state index in [9.17, 15) is 0 Å². The van der Waals surface area contributed by atoms with Crippen LogP contribution in [0.1, 0.15) is 0 Å². The van der Waals surface area contributed by atoms with Gasteiger partial charge in [-0.15, -0.1) is 0 Å². The first-order chi connectivity index (χ1) is 24.6. The summed E-state index contributed by atoms with van der Waals surface area (Å²) < 4.78 is 22.0. The van der Waals surface area contributed by atoms with Gasteiger partial charge in [-0.3, -0.25) is 0 Å². The third-order valence-electron chi connectivity index (χ3n) is 9.42. The topological polar surface area (TPSA) is 43.4 Å². The molecule has 8 aromatic carbocycles. The van der Waals surface area contributed by atoms with Crippen LogP contribution in [-0.2, 0) is 0 Å². The minimum atomic E-state index is 0.810. The molecule has 0 aromatic heterocycles. The Kier molecular flexibility index (Phi) is 7.97. The van der Waals surface area contributed by atoms with Crippen LogP contribution in [0.2, 0.25) is 0 Å². The van der Waals surface area contributed by atoms with Gasteiger partial charge < -0.3 is 28.7 Å². The Morgan fingerprint density at radius 1 is 0.300 bits per heavy atom. The van der Waals surface area contributed by atoms with E-state index in [0.29, 0.717) is 0 Å². The lowest BCUT2D eigenvalue weighted by atomic mass is 9.91. The molecule has 0 spiro atoms. The first-order valence-corrected chi connectivity index (χ1v) is 16.5. The van der Waals surface area contributed by atoms with Gasteiger partial charge in [-0.05, 0) is 131 Å². The predicted molar refractivity (Wildman–Crippen MR) is 206 cm³/mol. The van der Waals surface area contributed by atoms with Gasteiger partial charge in [0.1, 0.15) is 23.0 Å². The zero-order chi connectivity index (χ0) is 34.2. The van der Waals surface area contributed by atoms with E-state index in [-0.39, 0.29) is 0 Å². The number of rotatable bonds is 10. The predicted octanol–water partition coefficient (Wildman–Crippen LogP) is 11.6. The molecule has 6 nitrogen and oxygen atoms in total. The molecule has 0 fully saturated rings. The standard InChI is InChI=1S/C44H36N2O4/c1-47-35-17-9-31(10-18-35)45(32-11-19-36(48-2)20-12-32)41-27-7-29-5-6-30-8-28-42(40-26-25-39(41)43(29)44(30)40)46(33-13-21-37(49-3)22-14-33)34-15-23-38(50-4)24-16-34/h5-28H,1-4H3. The Balaban J connectivity index is 1.37. The summed E-state index contributed by atoms with van der Waals surface area (Å²) in [5.74, 6) is 3.24. The number of nitrogens with zero attached hydrogens (tertiary/aromatic N) is 2. The monoisotopic (exact) mass is 656 g/mol. The maximum absolute atomic E-state index is 5.50. The maximum atomic E-state index is 5.50. The minimum Gasteiger partial charge on any atom is -0.497 e. The summed E-state index contributed by atoms with van der Waals surface area (Å²) in [6.07, 6.45) is 0. The Labute approximate surface area is 291 Å². The molecule has 0 aliphatic carbocycles. The number of benzene rings is 8. The number of methoxy groups -OCH3 is 4. The molecule has 0 atom stereocenters. The lowest BCUT2D eigenvalue weighted by Crippen LogP contribution is -2.11. The molecular weight excluding hydrogens is 620 g/mol. The number of hydrogen-bond donors (Lipinski definition) is 0. The van der Waals surface area contributed by atoms with Gasteiger partial charge in [0.15, 0.2) is 0 Å². The third kappa shape index (κ3) is 5.31. The second-order valence-corrected chi connectivity index (χ2v) is 12.1. The molecular formula is C44H36N2O4. The Hall–Kier alpha value is -6.40. The van der Waals surface area contributed by atoms with E-state index in [1.54, 1.807) is 28.4 Å². The van der Waals surface area contributed by atoms with Crippen molar-refractivity contribution in [3.05, 3.63) is 146 Å². The molecule has 8 aromatic rings. The molecule has 6 heteroatoms. The number of ether oxygens (including phenoxy) is 4. The lowest BCUT2D eigenvalue weighted by molar-refractivity contribution is 0.414. The van der Waals surface area contributed by atoms with E-state index in [0.717, 1.165) is 67.9 Å². The zero-order valence-corrected chi connectivity index (χ0v) is 28.4. The van der Waals surface area contributed by atoms with Crippen molar-refractivity contribution in [2.24, 2.45) is 0 Å². The molecule has 0 saturated carbocycles. The molecule has 8 rings (SSSR count). The summed E-state index contributed by atoms with van der Waals surface area (Å²) in [5.41, 5.74) is 6.26. The molecule has 0 bridgehead atoms. The van der Waals surface area contributed by atoms with Gasteiger partial charge in [-0.2, -0.15) is 0 Å². The minimum absolute atomic E-state index is 0.810. The van der Waals surface area contributed by atoms with Crippen molar-refractivity contribution >= 4 is 66.4 Å². The lowest BCUT2D eigenvalue weighted by Gasteiger charge is -2.29. The van der Waals surface area contributed by atoms with Crippen molar-refractivity contribution < 1.29 is 18.9 Å². The molecule has 0 radical (unpaired) electrons. The van der Waals surface area contributed by atoms with Crippen LogP contribution in [0.4, 0.5) is 34.1 Å². The molecule has 0 aliphatic heterocycles. The maximum Gasteiger partial charge on any atom is 0.119 e. The van der Waals surface area contributed by atoms with Crippen LogP contribution in [0.15, 0.2) is 146 Å². The highest BCUT2D eigenvalue weighted by Crippen LogP contribution is 2.48. The van der Waals surface area contributed by atoms with Crippen molar-refractivity contribution in [3.8, 4) is 23.0 Å². The normalized spacial score (nSPS) is 11.2. The van der Waals surface area contributed by atoms with Crippen molar-refractivity contribution in [1.82, 2.24) is 0 Å².